The number of nitrogens with two attached hydrogens (primary N) is 1. The average molecular weight is 544 g/mol. The average Bonchev–Trinajstić information content (AvgIpc) is 3.23. The minimum Gasteiger partial charge on any atom is -0.425 e. The summed E-state index contributed by atoms with van der Waals surface area (Å²) in [6.07, 6.45) is -1.13. The molecule has 1 aromatic rings. The third-order valence-electron chi connectivity index (χ3n) is 5.52. The maximum Gasteiger partial charge on any atom is 0.320 e. The molecule has 198 valence electrons. The molecule has 2 aliphatic rings. The molecular weight excluding hydrogens is 514 g/mol. The van der Waals surface area contributed by atoms with Gasteiger partial charge in [-0.2, -0.15) is 0 Å². The number of methoxy groups -OCH3 is 1. The van der Waals surface area contributed by atoms with Crippen LogP contribution in [0.25, 0.3) is 0 Å². The summed E-state index contributed by atoms with van der Waals surface area (Å²) in [5.41, 5.74) is 3.32. The van der Waals surface area contributed by atoms with Crippen LogP contribution >= 0.6 is 23.1 Å². The van der Waals surface area contributed by atoms with Crippen molar-refractivity contribution < 1.29 is 38.6 Å². The highest BCUT2D eigenvalue weighted by molar-refractivity contribution is 8.00. The van der Waals surface area contributed by atoms with Crippen LogP contribution < -0.4 is 11.1 Å². The summed E-state index contributed by atoms with van der Waals surface area (Å²) in [5, 5.41) is 16.0. The van der Waals surface area contributed by atoms with E-state index in [0.29, 0.717) is 0 Å². The lowest BCUT2D eigenvalue weighted by atomic mass is 9.88. The van der Waals surface area contributed by atoms with E-state index in [9.17, 15) is 24.4 Å². The van der Waals surface area contributed by atoms with Crippen LogP contribution in [0.2, 0.25) is 0 Å². The number of amides is 2. The van der Waals surface area contributed by atoms with Gasteiger partial charge in [-0.1, -0.05) is 5.16 Å². The number of hydrogen-bond donors (Lipinski definition) is 3. The minimum atomic E-state index is -1.20. The topological polar surface area (TPSA) is 183 Å². The standard InChI is InChI=1S/C21H29N5O8S2/c1-10(33-17(29)20(2,3)4)34-18(30)21(8-32-5)7-26-15(28)13(16(26)36-9-21)24-14(27)12(25-31)11-6-35-19(22)23-11/h6,10,13,16,31H,7-9H2,1-5H3,(H2,22,23)(H,24,27)/t10?,13?,16-,21?/m1/s1. The fraction of sp³-hybridized carbons (Fsp3) is 0.619. The van der Waals surface area contributed by atoms with Crippen LogP contribution in [0.5, 0.6) is 0 Å². The zero-order chi connectivity index (χ0) is 26.8. The quantitative estimate of drug-likeness (QED) is 0.103. The SMILES string of the molecule is COCC1(C(=O)OC(C)OC(=O)C(C)(C)C)CS[C@@H]2C(NC(=O)C(=NO)c3csc(N)n3)C(=O)N2C1. The van der Waals surface area contributed by atoms with Gasteiger partial charge in [-0.15, -0.1) is 23.1 Å². The maximum absolute atomic E-state index is 13.1. The van der Waals surface area contributed by atoms with Crippen molar-refractivity contribution in [3.8, 4) is 0 Å². The number of rotatable bonds is 8. The molecule has 2 saturated heterocycles. The van der Waals surface area contributed by atoms with E-state index in [1.54, 1.807) is 20.8 Å². The third-order valence-corrected chi connectivity index (χ3v) is 7.78. The summed E-state index contributed by atoms with van der Waals surface area (Å²) in [4.78, 5) is 56.1. The molecule has 3 rings (SSSR count). The molecule has 3 heterocycles. The molecule has 0 bridgehead atoms. The molecule has 4 N–H and O–H groups in total. The zero-order valence-corrected chi connectivity index (χ0v) is 22.1. The number of ether oxygens (including phenoxy) is 3. The molecule has 2 aliphatic heterocycles. The molecule has 0 aliphatic carbocycles. The lowest BCUT2D eigenvalue weighted by Crippen LogP contribution is -2.74. The fourth-order valence-corrected chi connectivity index (χ4v) is 5.69. The van der Waals surface area contributed by atoms with Crippen LogP contribution in [-0.4, -0.2) is 88.3 Å². The number of aromatic nitrogens is 1. The Morgan fingerprint density at radius 2 is 2.08 bits per heavy atom. The molecular formula is C21H29N5O8S2. The second kappa shape index (κ2) is 10.6. The van der Waals surface area contributed by atoms with Gasteiger partial charge in [-0.25, -0.2) is 4.98 Å². The number of anilines is 1. The first-order valence-electron chi connectivity index (χ1n) is 10.9. The van der Waals surface area contributed by atoms with Gasteiger partial charge in [0.2, 0.25) is 12.2 Å². The lowest BCUT2D eigenvalue weighted by molar-refractivity contribution is -0.199. The number of hydrogen-bond acceptors (Lipinski definition) is 13. The van der Waals surface area contributed by atoms with Crippen molar-refractivity contribution >= 4 is 57.7 Å². The van der Waals surface area contributed by atoms with E-state index in [-0.39, 0.29) is 35.4 Å². The molecule has 4 atom stereocenters. The van der Waals surface area contributed by atoms with Gasteiger partial charge >= 0.3 is 11.9 Å². The summed E-state index contributed by atoms with van der Waals surface area (Å²) in [6, 6.07) is -0.890. The Morgan fingerprint density at radius 1 is 1.39 bits per heavy atom. The van der Waals surface area contributed by atoms with Crippen LogP contribution in [-0.2, 0) is 33.4 Å². The monoisotopic (exact) mass is 543 g/mol. The number of esters is 2. The predicted octanol–water partition coefficient (Wildman–Crippen LogP) is 0.415. The van der Waals surface area contributed by atoms with Crippen molar-refractivity contribution in [1.29, 1.82) is 0 Å². The van der Waals surface area contributed by atoms with Crippen LogP contribution in [0.4, 0.5) is 5.13 Å². The van der Waals surface area contributed by atoms with E-state index >= 15 is 0 Å². The molecule has 15 heteroatoms. The molecule has 0 saturated carbocycles. The van der Waals surface area contributed by atoms with Crippen molar-refractivity contribution in [2.45, 2.75) is 45.4 Å². The van der Waals surface area contributed by atoms with Crippen molar-refractivity contribution in [3.05, 3.63) is 11.1 Å². The molecule has 13 nitrogen and oxygen atoms in total. The first-order chi connectivity index (χ1) is 16.8. The van der Waals surface area contributed by atoms with Gasteiger partial charge in [-0.3, -0.25) is 19.2 Å². The highest BCUT2D eigenvalue weighted by atomic mass is 32.2. The Morgan fingerprint density at radius 3 is 2.64 bits per heavy atom. The lowest BCUT2D eigenvalue weighted by Gasteiger charge is -2.53. The number of oxime groups is 1. The van der Waals surface area contributed by atoms with Gasteiger partial charge < -0.3 is 35.4 Å². The van der Waals surface area contributed by atoms with Gasteiger partial charge in [0.1, 0.15) is 22.5 Å². The van der Waals surface area contributed by atoms with Crippen LogP contribution in [0.15, 0.2) is 10.5 Å². The third kappa shape index (κ3) is 5.57. The van der Waals surface area contributed by atoms with E-state index in [1.165, 1.54) is 36.1 Å². The van der Waals surface area contributed by atoms with Crippen molar-refractivity contribution in [2.75, 3.05) is 31.7 Å². The smallest absolute Gasteiger partial charge is 0.320 e. The largest absolute Gasteiger partial charge is 0.425 e. The minimum absolute atomic E-state index is 0.00789. The Hall–Kier alpha value is -2.91. The summed E-state index contributed by atoms with van der Waals surface area (Å²) < 4.78 is 15.9. The van der Waals surface area contributed by atoms with Crippen molar-refractivity contribution in [2.24, 2.45) is 16.0 Å². The number of fused-ring (bicyclic) bond motifs is 1. The van der Waals surface area contributed by atoms with Crippen LogP contribution in [0.1, 0.15) is 33.4 Å². The van der Waals surface area contributed by atoms with E-state index in [1.807, 2.05) is 0 Å². The zero-order valence-electron chi connectivity index (χ0n) is 20.5. The Balaban J connectivity index is 1.65. The second-order valence-electron chi connectivity index (χ2n) is 9.48. The highest BCUT2D eigenvalue weighted by Crippen LogP contribution is 2.43. The van der Waals surface area contributed by atoms with Crippen molar-refractivity contribution in [1.82, 2.24) is 15.2 Å². The molecule has 0 aromatic carbocycles. The van der Waals surface area contributed by atoms with E-state index in [2.05, 4.69) is 15.5 Å². The van der Waals surface area contributed by atoms with Crippen LogP contribution in [0, 0.1) is 10.8 Å². The van der Waals surface area contributed by atoms with E-state index in [0.717, 1.165) is 11.3 Å². The number of carbonyl (C=O) groups is 4. The number of nitrogen functional groups attached to an aromatic ring is 1. The Bertz CT molecular complexity index is 1070. The van der Waals surface area contributed by atoms with Gasteiger partial charge in [0.25, 0.3) is 5.91 Å². The second-order valence-corrected chi connectivity index (χ2v) is 11.5. The number of thioether (sulfide) groups is 1. The summed E-state index contributed by atoms with van der Waals surface area (Å²) in [7, 11) is 1.43. The van der Waals surface area contributed by atoms with Gasteiger partial charge in [-0.05, 0) is 20.8 Å². The van der Waals surface area contributed by atoms with E-state index in [4.69, 9.17) is 19.9 Å². The molecule has 36 heavy (non-hydrogen) atoms. The molecule has 2 fully saturated rings. The molecule has 0 radical (unpaired) electrons. The van der Waals surface area contributed by atoms with Crippen LogP contribution in [0.3, 0.4) is 0 Å². The number of carbonyl (C=O) groups excluding carboxylic acids is 4. The maximum atomic E-state index is 13.1. The number of nitrogens with zero attached hydrogens (tertiary/aromatic N) is 3. The summed E-state index contributed by atoms with van der Waals surface area (Å²) in [6.45, 7) is 6.45. The van der Waals surface area contributed by atoms with Crippen molar-refractivity contribution in [3.63, 3.8) is 0 Å². The first kappa shape index (κ1) is 27.7. The molecule has 0 spiro atoms. The number of thiazole rings is 1. The van der Waals surface area contributed by atoms with Gasteiger partial charge in [0.05, 0.1) is 12.0 Å². The Kier molecular flexibility index (Phi) is 8.15. The molecule has 3 unspecified atom stereocenters. The van der Waals surface area contributed by atoms with Gasteiger partial charge in [0.15, 0.2) is 10.8 Å². The normalized spacial score (nSPS) is 24.9. The number of β-lactam (4-membered cyclic amide) rings is 1. The Labute approximate surface area is 215 Å². The van der Waals surface area contributed by atoms with E-state index < -0.39 is 52.3 Å². The fourth-order valence-electron chi connectivity index (χ4n) is 3.62. The molecule has 2 amide bonds. The number of nitrogens with one attached hydrogen (secondary N) is 1. The summed E-state index contributed by atoms with van der Waals surface area (Å²) >= 11 is 2.34. The summed E-state index contributed by atoms with van der Waals surface area (Å²) in [5.74, 6) is -2.17. The molecule has 1 aromatic heterocycles. The predicted molar refractivity (Wildman–Crippen MR) is 130 cm³/mol. The van der Waals surface area contributed by atoms with Gasteiger partial charge in [0, 0.05) is 31.7 Å². The highest BCUT2D eigenvalue weighted by Gasteiger charge is 2.58. The first-order valence-corrected chi connectivity index (χ1v) is 12.8.